The highest BCUT2D eigenvalue weighted by Crippen LogP contribution is 2.26. The van der Waals surface area contributed by atoms with Crippen LogP contribution in [0.5, 0.6) is 0 Å². The number of hydrogen-bond acceptors (Lipinski definition) is 3. The molecule has 0 saturated carbocycles. The first-order valence-corrected chi connectivity index (χ1v) is 7.73. The van der Waals surface area contributed by atoms with E-state index in [1.165, 1.54) is 16.4 Å². The van der Waals surface area contributed by atoms with E-state index in [4.69, 9.17) is 5.73 Å². The van der Waals surface area contributed by atoms with E-state index < -0.39 is 22.0 Å². The van der Waals surface area contributed by atoms with Gasteiger partial charge in [0, 0.05) is 11.0 Å². The van der Waals surface area contributed by atoms with Gasteiger partial charge < -0.3 is 5.73 Å². The molecule has 0 aromatic heterocycles. The second-order valence-electron chi connectivity index (χ2n) is 4.13. The van der Waals surface area contributed by atoms with Crippen LogP contribution in [0.4, 0.5) is 0 Å². The quantitative estimate of drug-likeness (QED) is 0.899. The molecule has 1 atom stereocenters. The van der Waals surface area contributed by atoms with E-state index in [1.54, 1.807) is 12.1 Å². The van der Waals surface area contributed by atoms with Gasteiger partial charge in [-0.3, -0.25) is 4.79 Å². The van der Waals surface area contributed by atoms with Crippen LogP contribution in [0.3, 0.4) is 0 Å². The van der Waals surface area contributed by atoms with Crippen LogP contribution >= 0.6 is 15.9 Å². The third kappa shape index (κ3) is 2.43. The minimum atomic E-state index is -3.64. The Labute approximate surface area is 114 Å². The van der Waals surface area contributed by atoms with Crippen LogP contribution in [0.2, 0.25) is 0 Å². The first-order valence-electron chi connectivity index (χ1n) is 5.49. The summed E-state index contributed by atoms with van der Waals surface area (Å²) in [6, 6.07) is 5.61. The molecule has 0 aliphatic carbocycles. The van der Waals surface area contributed by atoms with Gasteiger partial charge in [-0.15, -0.1) is 0 Å². The summed E-state index contributed by atoms with van der Waals surface area (Å²) in [6.07, 6.45) is 1.15. The predicted molar refractivity (Wildman–Crippen MR) is 70.3 cm³/mol. The first-order chi connectivity index (χ1) is 8.43. The monoisotopic (exact) mass is 332 g/mol. The maximum atomic E-state index is 12.4. The Morgan fingerprint density at radius 3 is 2.50 bits per heavy atom. The number of hydrogen-bond donors (Lipinski definition) is 1. The lowest BCUT2D eigenvalue weighted by molar-refractivity contribution is -0.121. The molecule has 2 N–H and O–H groups in total. The standard InChI is InChI=1S/C11H13BrN2O3S/c12-8-3-5-9(6-4-8)18(16,17)14-7-1-2-10(14)11(13)15/h3-6,10H,1-2,7H2,(H2,13,15)/t10-/m1/s1. The fourth-order valence-electron chi connectivity index (χ4n) is 2.05. The molecule has 7 heteroatoms. The maximum absolute atomic E-state index is 12.4. The molecule has 1 aromatic rings. The summed E-state index contributed by atoms with van der Waals surface area (Å²) >= 11 is 3.25. The highest BCUT2D eigenvalue weighted by molar-refractivity contribution is 9.10. The molecule has 5 nitrogen and oxygen atoms in total. The van der Waals surface area contributed by atoms with E-state index in [0.717, 1.165) is 4.47 Å². The van der Waals surface area contributed by atoms with E-state index in [1.807, 2.05) is 0 Å². The molecule has 98 valence electrons. The zero-order valence-corrected chi connectivity index (χ0v) is 11.9. The van der Waals surface area contributed by atoms with Crippen LogP contribution < -0.4 is 5.73 Å². The van der Waals surface area contributed by atoms with Crippen molar-refractivity contribution >= 4 is 31.9 Å². The minimum Gasteiger partial charge on any atom is -0.368 e. The summed E-state index contributed by atoms with van der Waals surface area (Å²) in [4.78, 5) is 11.4. The van der Waals surface area contributed by atoms with E-state index in [-0.39, 0.29) is 4.90 Å². The third-order valence-corrected chi connectivity index (χ3v) is 5.40. The predicted octanol–water partition coefficient (Wildman–Crippen LogP) is 1.09. The average Bonchev–Trinajstić information content (AvgIpc) is 2.79. The largest absolute Gasteiger partial charge is 0.368 e. The van der Waals surface area contributed by atoms with E-state index in [9.17, 15) is 13.2 Å². The Hall–Kier alpha value is -0.920. The number of carbonyl (C=O) groups excluding carboxylic acids is 1. The highest BCUT2D eigenvalue weighted by Gasteiger charge is 2.38. The average molecular weight is 333 g/mol. The summed E-state index contributed by atoms with van der Waals surface area (Å²) in [5.41, 5.74) is 5.23. The molecule has 1 amide bonds. The van der Waals surface area contributed by atoms with Gasteiger partial charge in [0.05, 0.1) is 4.90 Å². The molecule has 1 aliphatic heterocycles. The van der Waals surface area contributed by atoms with Gasteiger partial charge in [0.15, 0.2) is 0 Å². The van der Waals surface area contributed by atoms with Gasteiger partial charge in [-0.05, 0) is 37.1 Å². The molecule has 1 heterocycles. The molecular weight excluding hydrogens is 320 g/mol. The molecule has 1 aromatic carbocycles. The molecule has 0 bridgehead atoms. The fourth-order valence-corrected chi connectivity index (χ4v) is 3.98. The lowest BCUT2D eigenvalue weighted by Crippen LogP contribution is -2.43. The van der Waals surface area contributed by atoms with Crippen molar-refractivity contribution in [3.8, 4) is 0 Å². The van der Waals surface area contributed by atoms with E-state index in [0.29, 0.717) is 19.4 Å². The number of benzene rings is 1. The van der Waals surface area contributed by atoms with Gasteiger partial charge in [-0.25, -0.2) is 8.42 Å². The van der Waals surface area contributed by atoms with Crippen LogP contribution in [0.1, 0.15) is 12.8 Å². The van der Waals surface area contributed by atoms with Crippen molar-refractivity contribution in [1.82, 2.24) is 4.31 Å². The van der Waals surface area contributed by atoms with Crippen LogP contribution in [0, 0.1) is 0 Å². The first kappa shape index (κ1) is 13.5. The number of amides is 1. The molecule has 0 spiro atoms. The molecule has 18 heavy (non-hydrogen) atoms. The number of carbonyl (C=O) groups is 1. The summed E-state index contributed by atoms with van der Waals surface area (Å²) in [5, 5.41) is 0. The Balaban J connectivity index is 2.36. The summed E-state index contributed by atoms with van der Waals surface area (Å²) in [5.74, 6) is -0.590. The minimum absolute atomic E-state index is 0.179. The molecule has 1 saturated heterocycles. The van der Waals surface area contributed by atoms with Crippen molar-refractivity contribution in [3.63, 3.8) is 0 Å². The number of nitrogens with zero attached hydrogens (tertiary/aromatic N) is 1. The normalized spacial score (nSPS) is 21.1. The number of rotatable bonds is 3. The maximum Gasteiger partial charge on any atom is 0.243 e. The Kier molecular flexibility index (Phi) is 3.74. The highest BCUT2D eigenvalue weighted by atomic mass is 79.9. The summed E-state index contributed by atoms with van der Waals surface area (Å²) in [7, 11) is -3.64. The van der Waals surface area contributed by atoms with Crippen molar-refractivity contribution in [2.45, 2.75) is 23.8 Å². The third-order valence-electron chi connectivity index (χ3n) is 2.95. The van der Waals surface area contributed by atoms with Gasteiger partial charge in [-0.2, -0.15) is 4.31 Å². The second-order valence-corrected chi connectivity index (χ2v) is 6.94. The lowest BCUT2D eigenvalue weighted by atomic mass is 10.2. The number of primary amides is 1. The zero-order chi connectivity index (χ0) is 13.3. The fraction of sp³-hybridized carbons (Fsp3) is 0.364. The van der Waals surface area contributed by atoms with Gasteiger partial charge in [-0.1, -0.05) is 15.9 Å². The van der Waals surface area contributed by atoms with Crippen molar-refractivity contribution in [1.29, 1.82) is 0 Å². The van der Waals surface area contributed by atoms with Gasteiger partial charge in [0.25, 0.3) is 0 Å². The molecule has 1 fully saturated rings. The van der Waals surface area contributed by atoms with E-state index >= 15 is 0 Å². The zero-order valence-electron chi connectivity index (χ0n) is 9.54. The second kappa shape index (κ2) is 4.99. The Morgan fingerprint density at radius 1 is 1.33 bits per heavy atom. The molecule has 0 unspecified atom stereocenters. The van der Waals surface area contributed by atoms with E-state index in [2.05, 4.69) is 15.9 Å². The van der Waals surface area contributed by atoms with Crippen LogP contribution in [0.25, 0.3) is 0 Å². The number of halogens is 1. The number of nitrogens with two attached hydrogens (primary N) is 1. The Morgan fingerprint density at radius 2 is 1.94 bits per heavy atom. The smallest absolute Gasteiger partial charge is 0.243 e. The molecule has 2 rings (SSSR count). The van der Waals surface area contributed by atoms with Crippen molar-refractivity contribution in [2.24, 2.45) is 5.73 Å². The SMILES string of the molecule is NC(=O)[C@H]1CCCN1S(=O)(=O)c1ccc(Br)cc1. The summed E-state index contributed by atoms with van der Waals surface area (Å²) < 4.78 is 26.7. The van der Waals surface area contributed by atoms with Crippen LogP contribution in [0.15, 0.2) is 33.6 Å². The van der Waals surface area contributed by atoms with Gasteiger partial charge >= 0.3 is 0 Å². The molecule has 0 radical (unpaired) electrons. The summed E-state index contributed by atoms with van der Waals surface area (Å²) in [6.45, 7) is 0.339. The lowest BCUT2D eigenvalue weighted by Gasteiger charge is -2.21. The van der Waals surface area contributed by atoms with Crippen molar-refractivity contribution < 1.29 is 13.2 Å². The van der Waals surface area contributed by atoms with Crippen LogP contribution in [-0.2, 0) is 14.8 Å². The van der Waals surface area contributed by atoms with Crippen LogP contribution in [-0.4, -0.2) is 31.2 Å². The molecule has 1 aliphatic rings. The van der Waals surface area contributed by atoms with Gasteiger partial charge in [0.2, 0.25) is 15.9 Å². The molecular formula is C11H13BrN2O3S. The van der Waals surface area contributed by atoms with Crippen molar-refractivity contribution in [2.75, 3.05) is 6.54 Å². The Bertz CT molecular complexity index is 556. The van der Waals surface area contributed by atoms with Crippen molar-refractivity contribution in [3.05, 3.63) is 28.7 Å². The topological polar surface area (TPSA) is 80.5 Å². The van der Waals surface area contributed by atoms with Gasteiger partial charge in [0.1, 0.15) is 6.04 Å². The number of sulfonamides is 1.